The molecule has 1 atom stereocenters. The summed E-state index contributed by atoms with van der Waals surface area (Å²) in [4.78, 5) is 17.7. The number of rotatable bonds is 7. The van der Waals surface area contributed by atoms with Crippen molar-refractivity contribution in [2.24, 2.45) is 0 Å². The van der Waals surface area contributed by atoms with Crippen LogP contribution in [0, 0.1) is 0 Å². The van der Waals surface area contributed by atoms with Crippen molar-refractivity contribution in [2.75, 3.05) is 19.5 Å². The van der Waals surface area contributed by atoms with E-state index in [-0.39, 0.29) is 11.8 Å². The van der Waals surface area contributed by atoms with Gasteiger partial charge in [0.05, 0.1) is 37.7 Å². The van der Waals surface area contributed by atoms with Crippen LogP contribution in [-0.4, -0.2) is 34.7 Å². The number of hydrogen-bond acceptors (Lipinski definition) is 5. The lowest BCUT2D eigenvalue weighted by Gasteiger charge is -2.17. The molecule has 158 valence electrons. The summed E-state index contributed by atoms with van der Waals surface area (Å²) in [6.45, 7) is 2.00. The molecule has 0 unspecified atom stereocenters. The van der Waals surface area contributed by atoms with Gasteiger partial charge in [-0.15, -0.1) is 5.10 Å². The van der Waals surface area contributed by atoms with Crippen LogP contribution in [0.4, 0.5) is 5.69 Å². The average molecular weight is 416 g/mol. The predicted molar refractivity (Wildman–Crippen MR) is 120 cm³/mol. The first kappa shape index (κ1) is 20.4. The second kappa shape index (κ2) is 8.87. The number of nitrogens with zero attached hydrogens (tertiary/aromatic N) is 3. The van der Waals surface area contributed by atoms with Gasteiger partial charge in [-0.3, -0.25) is 4.79 Å². The van der Waals surface area contributed by atoms with E-state index >= 15 is 0 Å². The summed E-state index contributed by atoms with van der Waals surface area (Å²) < 4.78 is 12.3. The minimum atomic E-state index is -0.249. The number of hydrogen-bond donors (Lipinski definition) is 1. The maximum absolute atomic E-state index is 13.1. The fraction of sp³-hybridized carbons (Fsp3) is 0.208. The maximum Gasteiger partial charge on any atom is 0.232 e. The van der Waals surface area contributed by atoms with Crippen molar-refractivity contribution in [3.8, 4) is 22.9 Å². The summed E-state index contributed by atoms with van der Waals surface area (Å²) >= 11 is 0. The van der Waals surface area contributed by atoms with Gasteiger partial charge in [0.25, 0.3) is 0 Å². The second-order valence-electron chi connectivity index (χ2n) is 7.08. The number of carbonyl (C=O) groups excluding carboxylic acids is 1. The third-order valence-electron chi connectivity index (χ3n) is 5.18. The molecule has 1 N–H and O–H groups in total. The number of amides is 1. The number of anilines is 1. The van der Waals surface area contributed by atoms with Gasteiger partial charge in [-0.25, -0.2) is 9.50 Å². The third kappa shape index (κ3) is 4.21. The van der Waals surface area contributed by atoms with Crippen molar-refractivity contribution in [3.05, 3.63) is 72.4 Å². The highest BCUT2D eigenvalue weighted by atomic mass is 16.5. The molecular weight excluding hydrogens is 392 g/mol. The Morgan fingerprint density at radius 1 is 1.06 bits per heavy atom. The molecule has 0 saturated carbocycles. The molecule has 2 aromatic carbocycles. The van der Waals surface area contributed by atoms with Gasteiger partial charge < -0.3 is 14.8 Å². The van der Waals surface area contributed by atoms with Crippen LogP contribution in [0.2, 0.25) is 0 Å². The van der Waals surface area contributed by atoms with E-state index in [4.69, 9.17) is 9.47 Å². The Bertz CT molecular complexity index is 1200. The van der Waals surface area contributed by atoms with Crippen LogP contribution in [0.25, 0.3) is 16.9 Å². The molecule has 31 heavy (non-hydrogen) atoms. The van der Waals surface area contributed by atoms with Gasteiger partial charge in [-0.2, -0.15) is 0 Å². The molecule has 0 radical (unpaired) electrons. The lowest BCUT2D eigenvalue weighted by atomic mass is 9.95. The first-order valence-electron chi connectivity index (χ1n) is 10.1. The van der Waals surface area contributed by atoms with E-state index in [1.165, 1.54) is 0 Å². The van der Waals surface area contributed by atoms with Gasteiger partial charge in [0, 0.05) is 11.6 Å². The van der Waals surface area contributed by atoms with Crippen LogP contribution in [0.3, 0.4) is 0 Å². The van der Waals surface area contributed by atoms with E-state index in [1.54, 1.807) is 24.8 Å². The number of imidazole rings is 1. The number of ether oxygens (including phenoxy) is 2. The zero-order valence-corrected chi connectivity index (χ0v) is 17.7. The Kier molecular flexibility index (Phi) is 5.84. The highest BCUT2D eigenvalue weighted by Crippen LogP contribution is 2.32. The van der Waals surface area contributed by atoms with Crippen molar-refractivity contribution < 1.29 is 14.3 Å². The van der Waals surface area contributed by atoms with Crippen LogP contribution >= 0.6 is 0 Å². The number of benzene rings is 2. The van der Waals surface area contributed by atoms with Crippen LogP contribution in [-0.2, 0) is 4.79 Å². The SMILES string of the molecule is CC[C@H](C(=O)Nc1cc(-c2cn3nc(OC)ccc3n2)ccc1OC)c1ccccc1. The molecule has 0 fully saturated rings. The largest absolute Gasteiger partial charge is 0.495 e. The molecule has 1 amide bonds. The minimum absolute atomic E-state index is 0.0782. The van der Waals surface area contributed by atoms with E-state index in [0.29, 0.717) is 29.4 Å². The molecule has 2 heterocycles. The first-order valence-corrected chi connectivity index (χ1v) is 10.1. The number of methoxy groups -OCH3 is 2. The Morgan fingerprint density at radius 3 is 2.58 bits per heavy atom. The highest BCUT2D eigenvalue weighted by Gasteiger charge is 2.20. The van der Waals surface area contributed by atoms with Gasteiger partial charge in [-0.05, 0) is 36.2 Å². The Labute approximate surface area is 180 Å². The van der Waals surface area contributed by atoms with Crippen LogP contribution < -0.4 is 14.8 Å². The van der Waals surface area contributed by atoms with Crippen molar-refractivity contribution in [2.45, 2.75) is 19.3 Å². The van der Waals surface area contributed by atoms with Crippen LogP contribution in [0.1, 0.15) is 24.8 Å². The summed E-state index contributed by atoms with van der Waals surface area (Å²) in [6.07, 6.45) is 2.52. The fourth-order valence-corrected chi connectivity index (χ4v) is 3.56. The molecular formula is C24H24N4O3. The van der Waals surface area contributed by atoms with Gasteiger partial charge in [0.1, 0.15) is 5.75 Å². The van der Waals surface area contributed by atoms with E-state index in [9.17, 15) is 4.79 Å². The quantitative estimate of drug-likeness (QED) is 0.478. The zero-order valence-electron chi connectivity index (χ0n) is 17.7. The molecule has 4 aromatic rings. The molecule has 0 aliphatic rings. The van der Waals surface area contributed by atoms with Crippen LogP contribution in [0.15, 0.2) is 66.9 Å². The Balaban J connectivity index is 1.65. The van der Waals surface area contributed by atoms with Crippen molar-refractivity contribution in [3.63, 3.8) is 0 Å². The zero-order chi connectivity index (χ0) is 21.8. The molecule has 0 aliphatic heterocycles. The molecule has 0 aliphatic carbocycles. The minimum Gasteiger partial charge on any atom is -0.495 e. The molecule has 0 spiro atoms. The Hall–Kier alpha value is -3.87. The molecule has 4 rings (SSSR count). The molecule has 7 nitrogen and oxygen atoms in total. The predicted octanol–water partition coefficient (Wildman–Crippen LogP) is 4.55. The average Bonchev–Trinajstić information content (AvgIpc) is 3.23. The lowest BCUT2D eigenvalue weighted by Crippen LogP contribution is -2.21. The van der Waals surface area contributed by atoms with E-state index in [1.807, 2.05) is 67.7 Å². The monoisotopic (exact) mass is 416 g/mol. The lowest BCUT2D eigenvalue weighted by molar-refractivity contribution is -0.117. The normalized spacial score (nSPS) is 11.8. The molecule has 0 bridgehead atoms. The second-order valence-corrected chi connectivity index (χ2v) is 7.08. The number of nitrogens with one attached hydrogen (secondary N) is 1. The Morgan fingerprint density at radius 2 is 1.87 bits per heavy atom. The number of carbonyl (C=O) groups is 1. The molecule has 7 heteroatoms. The highest BCUT2D eigenvalue weighted by molar-refractivity contribution is 5.97. The van der Waals surface area contributed by atoms with Gasteiger partial charge in [0.15, 0.2) is 5.65 Å². The number of aromatic nitrogens is 3. The standard InChI is InChI=1S/C24H24N4O3/c1-4-18(16-8-6-5-7-9-16)24(29)26-19-14-17(10-11-21(19)30-2)20-15-28-22(25-20)12-13-23(27-28)31-3/h5-15,18H,4H2,1-3H3,(H,26,29)/t18-/m0/s1. The van der Waals surface area contributed by atoms with Crippen LogP contribution in [0.5, 0.6) is 11.6 Å². The van der Waals surface area contributed by atoms with Crippen molar-refractivity contribution in [1.82, 2.24) is 14.6 Å². The maximum atomic E-state index is 13.1. The summed E-state index contributed by atoms with van der Waals surface area (Å²) in [5.74, 6) is 0.765. The van der Waals surface area contributed by atoms with E-state index < -0.39 is 0 Å². The van der Waals surface area contributed by atoms with E-state index in [2.05, 4.69) is 15.4 Å². The fourth-order valence-electron chi connectivity index (χ4n) is 3.56. The molecule has 2 aromatic heterocycles. The van der Waals surface area contributed by atoms with Crippen molar-refractivity contribution in [1.29, 1.82) is 0 Å². The van der Waals surface area contributed by atoms with Gasteiger partial charge in [0.2, 0.25) is 11.8 Å². The summed E-state index contributed by atoms with van der Waals surface area (Å²) in [5.41, 5.74) is 3.86. The number of fused-ring (bicyclic) bond motifs is 1. The first-order chi connectivity index (χ1) is 15.1. The molecule has 0 saturated heterocycles. The van der Waals surface area contributed by atoms with Crippen molar-refractivity contribution >= 4 is 17.2 Å². The summed E-state index contributed by atoms with van der Waals surface area (Å²) in [6, 6.07) is 19.0. The summed E-state index contributed by atoms with van der Waals surface area (Å²) in [7, 11) is 3.16. The van der Waals surface area contributed by atoms with Gasteiger partial charge in [-0.1, -0.05) is 37.3 Å². The third-order valence-corrected chi connectivity index (χ3v) is 5.18. The summed E-state index contributed by atoms with van der Waals surface area (Å²) in [5, 5.41) is 7.39. The van der Waals surface area contributed by atoms with Gasteiger partial charge >= 0.3 is 0 Å². The topological polar surface area (TPSA) is 77.8 Å². The smallest absolute Gasteiger partial charge is 0.232 e. The van der Waals surface area contributed by atoms with E-state index in [0.717, 1.165) is 16.8 Å².